The van der Waals surface area contributed by atoms with Crippen molar-refractivity contribution >= 4 is 17.2 Å². The largest absolute Gasteiger partial charge is 0.379 e. The normalized spacial score (nSPS) is 21.1. The maximum absolute atomic E-state index is 12.2. The van der Waals surface area contributed by atoms with Gasteiger partial charge in [-0.3, -0.25) is 9.78 Å². The summed E-state index contributed by atoms with van der Waals surface area (Å²) in [5.41, 5.74) is 1.72. The maximum atomic E-state index is 12.2. The SMILES string of the molecule is CO[C@@H]1CCOC[C@H]1NC(=O)Cc1csc(-c2cccnc2)n1. The molecule has 2 atom stereocenters. The number of thiazole rings is 1. The van der Waals surface area contributed by atoms with Crippen LogP contribution in [0.15, 0.2) is 29.9 Å². The Bertz CT molecular complexity index is 647. The first-order chi connectivity index (χ1) is 11.3. The molecule has 3 rings (SSSR count). The molecule has 7 heteroatoms. The summed E-state index contributed by atoms with van der Waals surface area (Å²) in [6, 6.07) is 3.73. The van der Waals surface area contributed by atoms with Gasteiger partial charge >= 0.3 is 0 Å². The zero-order chi connectivity index (χ0) is 16.1. The van der Waals surface area contributed by atoms with Crippen LogP contribution in [0, 0.1) is 0 Å². The molecule has 1 aliphatic heterocycles. The van der Waals surface area contributed by atoms with E-state index in [0.29, 0.717) is 13.2 Å². The Morgan fingerprint density at radius 3 is 3.26 bits per heavy atom. The molecule has 2 aromatic rings. The fourth-order valence-corrected chi connectivity index (χ4v) is 3.38. The van der Waals surface area contributed by atoms with Crippen LogP contribution in [0.25, 0.3) is 10.6 Å². The fourth-order valence-electron chi connectivity index (χ4n) is 2.57. The van der Waals surface area contributed by atoms with Crippen molar-refractivity contribution in [2.45, 2.75) is 25.0 Å². The topological polar surface area (TPSA) is 73.3 Å². The van der Waals surface area contributed by atoms with Crippen LogP contribution >= 0.6 is 11.3 Å². The van der Waals surface area contributed by atoms with Crippen LogP contribution in [0.1, 0.15) is 12.1 Å². The molecule has 3 heterocycles. The van der Waals surface area contributed by atoms with Crippen molar-refractivity contribution < 1.29 is 14.3 Å². The Balaban J connectivity index is 1.59. The Hall–Kier alpha value is -1.83. The summed E-state index contributed by atoms with van der Waals surface area (Å²) in [6.07, 6.45) is 4.55. The fraction of sp³-hybridized carbons (Fsp3) is 0.438. The third-order valence-corrected chi connectivity index (χ3v) is 4.68. The number of aromatic nitrogens is 2. The first kappa shape index (κ1) is 16.0. The molecule has 1 aliphatic rings. The minimum Gasteiger partial charge on any atom is -0.379 e. The number of hydrogen-bond donors (Lipinski definition) is 1. The van der Waals surface area contributed by atoms with Crippen LogP contribution in [0.5, 0.6) is 0 Å². The summed E-state index contributed by atoms with van der Waals surface area (Å²) >= 11 is 1.52. The van der Waals surface area contributed by atoms with Crippen molar-refractivity contribution in [3.05, 3.63) is 35.6 Å². The van der Waals surface area contributed by atoms with Crippen LogP contribution in [-0.4, -0.2) is 48.3 Å². The van der Waals surface area contributed by atoms with E-state index in [1.807, 2.05) is 17.5 Å². The van der Waals surface area contributed by atoms with Gasteiger partial charge in [-0.25, -0.2) is 4.98 Å². The summed E-state index contributed by atoms with van der Waals surface area (Å²) < 4.78 is 10.8. The Labute approximate surface area is 138 Å². The lowest BCUT2D eigenvalue weighted by atomic mass is 10.1. The Morgan fingerprint density at radius 2 is 2.48 bits per heavy atom. The molecule has 0 spiro atoms. The number of carbonyl (C=O) groups excluding carboxylic acids is 1. The van der Waals surface area contributed by atoms with Crippen molar-refractivity contribution in [3.8, 4) is 10.6 Å². The second-order valence-electron chi connectivity index (χ2n) is 5.37. The van der Waals surface area contributed by atoms with E-state index in [1.165, 1.54) is 11.3 Å². The lowest BCUT2D eigenvalue weighted by Gasteiger charge is -2.30. The Kier molecular flexibility index (Phi) is 5.32. The van der Waals surface area contributed by atoms with Crippen molar-refractivity contribution in [2.24, 2.45) is 0 Å². The monoisotopic (exact) mass is 333 g/mol. The van der Waals surface area contributed by atoms with E-state index in [9.17, 15) is 4.79 Å². The number of carbonyl (C=O) groups is 1. The highest BCUT2D eigenvalue weighted by molar-refractivity contribution is 7.13. The van der Waals surface area contributed by atoms with Gasteiger partial charge in [-0.05, 0) is 18.6 Å². The summed E-state index contributed by atoms with van der Waals surface area (Å²) in [4.78, 5) is 20.8. The highest BCUT2D eigenvalue weighted by Crippen LogP contribution is 2.22. The number of methoxy groups -OCH3 is 1. The number of ether oxygens (including phenoxy) is 2. The molecule has 23 heavy (non-hydrogen) atoms. The maximum Gasteiger partial charge on any atom is 0.226 e. The average molecular weight is 333 g/mol. The number of rotatable bonds is 5. The molecular weight excluding hydrogens is 314 g/mol. The minimum atomic E-state index is -0.0994. The van der Waals surface area contributed by atoms with Crippen molar-refractivity contribution in [2.75, 3.05) is 20.3 Å². The quantitative estimate of drug-likeness (QED) is 0.901. The summed E-state index contributed by atoms with van der Waals surface area (Å²) in [5.74, 6) is -0.0643. The van der Waals surface area contributed by atoms with Crippen molar-refractivity contribution in [1.82, 2.24) is 15.3 Å². The average Bonchev–Trinajstić information content (AvgIpc) is 3.04. The molecule has 0 aromatic carbocycles. The van der Waals surface area contributed by atoms with Gasteiger partial charge in [0.15, 0.2) is 0 Å². The van der Waals surface area contributed by atoms with Gasteiger partial charge in [-0.15, -0.1) is 11.3 Å². The molecule has 1 saturated heterocycles. The molecule has 0 saturated carbocycles. The van der Waals surface area contributed by atoms with Gasteiger partial charge in [-0.1, -0.05) is 0 Å². The van der Waals surface area contributed by atoms with Gasteiger partial charge in [0.05, 0.1) is 30.9 Å². The molecule has 0 bridgehead atoms. The number of nitrogens with one attached hydrogen (secondary N) is 1. The predicted molar refractivity (Wildman–Crippen MR) is 87.2 cm³/mol. The number of nitrogens with zero attached hydrogens (tertiary/aromatic N) is 2. The van der Waals surface area contributed by atoms with Crippen LogP contribution in [0.2, 0.25) is 0 Å². The van der Waals surface area contributed by atoms with Crippen LogP contribution < -0.4 is 5.32 Å². The molecule has 122 valence electrons. The van der Waals surface area contributed by atoms with Gasteiger partial charge in [0.25, 0.3) is 0 Å². The van der Waals surface area contributed by atoms with Crippen LogP contribution in [0.4, 0.5) is 0 Å². The molecule has 0 radical (unpaired) electrons. The number of pyridine rings is 1. The smallest absolute Gasteiger partial charge is 0.226 e. The van der Waals surface area contributed by atoms with Crippen LogP contribution in [-0.2, 0) is 20.7 Å². The molecular formula is C16H19N3O3S. The predicted octanol–water partition coefficient (Wildman–Crippen LogP) is 1.67. The van der Waals surface area contributed by atoms with E-state index < -0.39 is 0 Å². The highest BCUT2D eigenvalue weighted by atomic mass is 32.1. The minimum absolute atomic E-state index is 0.00841. The van der Waals surface area contributed by atoms with Gasteiger partial charge in [-0.2, -0.15) is 0 Å². The second kappa shape index (κ2) is 7.63. The van der Waals surface area contributed by atoms with Gasteiger partial charge in [0.2, 0.25) is 5.91 Å². The van der Waals surface area contributed by atoms with E-state index in [2.05, 4.69) is 15.3 Å². The Morgan fingerprint density at radius 1 is 1.57 bits per heavy atom. The molecule has 0 aliphatic carbocycles. The number of hydrogen-bond acceptors (Lipinski definition) is 6. The third-order valence-electron chi connectivity index (χ3n) is 3.74. The molecule has 6 nitrogen and oxygen atoms in total. The molecule has 0 unspecified atom stereocenters. The van der Waals surface area contributed by atoms with Gasteiger partial charge < -0.3 is 14.8 Å². The standard InChI is InChI=1S/C16H19N3O3S/c1-21-14-4-6-22-9-13(14)19-15(20)7-12-10-23-16(18-12)11-3-2-5-17-8-11/h2-3,5,8,10,13-14H,4,6-7,9H2,1H3,(H,19,20)/t13-,14-/m1/s1. The van der Waals surface area contributed by atoms with E-state index in [-0.39, 0.29) is 24.5 Å². The molecule has 1 fully saturated rings. The molecule has 1 N–H and O–H groups in total. The van der Waals surface area contributed by atoms with E-state index in [1.54, 1.807) is 19.5 Å². The first-order valence-corrected chi connectivity index (χ1v) is 8.39. The zero-order valence-electron chi connectivity index (χ0n) is 12.9. The highest BCUT2D eigenvalue weighted by Gasteiger charge is 2.27. The zero-order valence-corrected chi connectivity index (χ0v) is 13.7. The summed E-state index contributed by atoms with van der Waals surface area (Å²) in [6.45, 7) is 1.16. The third kappa shape index (κ3) is 4.13. The van der Waals surface area contributed by atoms with E-state index >= 15 is 0 Å². The number of amides is 1. The summed E-state index contributed by atoms with van der Waals surface area (Å²) in [5, 5.41) is 5.76. The summed E-state index contributed by atoms with van der Waals surface area (Å²) in [7, 11) is 1.66. The van der Waals surface area contributed by atoms with Gasteiger partial charge in [0.1, 0.15) is 5.01 Å². The first-order valence-electron chi connectivity index (χ1n) is 7.51. The van der Waals surface area contributed by atoms with Crippen molar-refractivity contribution in [1.29, 1.82) is 0 Å². The lowest BCUT2D eigenvalue weighted by Crippen LogP contribution is -2.50. The van der Waals surface area contributed by atoms with Crippen molar-refractivity contribution in [3.63, 3.8) is 0 Å². The van der Waals surface area contributed by atoms with Crippen LogP contribution in [0.3, 0.4) is 0 Å². The lowest BCUT2D eigenvalue weighted by molar-refractivity contribution is -0.124. The molecule has 1 amide bonds. The van der Waals surface area contributed by atoms with E-state index in [0.717, 1.165) is 22.7 Å². The van der Waals surface area contributed by atoms with E-state index in [4.69, 9.17) is 9.47 Å². The van der Waals surface area contributed by atoms with Gasteiger partial charge in [0, 0.05) is 37.1 Å². The second-order valence-corrected chi connectivity index (χ2v) is 6.23. The molecule has 2 aromatic heterocycles.